The Hall–Kier alpha value is -2.46. The zero-order valence-electron chi connectivity index (χ0n) is 18.3. The van der Waals surface area contributed by atoms with Gasteiger partial charge in [0.15, 0.2) is 0 Å². The van der Waals surface area contributed by atoms with E-state index in [1.807, 2.05) is 19.9 Å². The Kier molecular flexibility index (Phi) is 6.47. The monoisotopic (exact) mass is 434 g/mol. The van der Waals surface area contributed by atoms with Crippen LogP contribution in [0.15, 0.2) is 23.2 Å². The minimum Gasteiger partial charge on any atom is -0.353 e. The number of anilines is 1. The predicted molar refractivity (Wildman–Crippen MR) is 115 cm³/mol. The molecule has 9 nitrogen and oxygen atoms in total. The molecular formula is C20H30N6O3S. The summed E-state index contributed by atoms with van der Waals surface area (Å²) in [7, 11) is -1.90. The molecule has 0 aromatic carbocycles. The third-order valence-electron chi connectivity index (χ3n) is 5.39. The average molecular weight is 435 g/mol. The Labute approximate surface area is 178 Å². The highest BCUT2D eigenvalue weighted by atomic mass is 32.2. The fraction of sp³-hybridized carbons (Fsp3) is 0.550. The van der Waals surface area contributed by atoms with E-state index in [0.717, 1.165) is 17.3 Å². The van der Waals surface area contributed by atoms with Crippen LogP contribution in [0.5, 0.6) is 0 Å². The lowest BCUT2D eigenvalue weighted by Crippen LogP contribution is -2.49. The largest absolute Gasteiger partial charge is 0.353 e. The molecule has 2 aromatic heterocycles. The molecule has 0 atom stereocenters. The van der Waals surface area contributed by atoms with Crippen LogP contribution in [0, 0.1) is 13.8 Å². The van der Waals surface area contributed by atoms with Crippen molar-refractivity contribution in [3.8, 4) is 0 Å². The van der Waals surface area contributed by atoms with Crippen molar-refractivity contribution in [2.24, 2.45) is 7.05 Å². The van der Waals surface area contributed by atoms with E-state index < -0.39 is 10.0 Å². The van der Waals surface area contributed by atoms with Crippen LogP contribution in [0.1, 0.15) is 35.9 Å². The Morgan fingerprint density at radius 2 is 1.70 bits per heavy atom. The van der Waals surface area contributed by atoms with E-state index >= 15 is 0 Å². The Bertz CT molecular complexity index is 1000. The van der Waals surface area contributed by atoms with Gasteiger partial charge in [-0.2, -0.15) is 4.31 Å². The highest BCUT2D eigenvalue weighted by Gasteiger charge is 2.29. The summed E-state index contributed by atoms with van der Waals surface area (Å²) in [4.78, 5) is 25.9. The number of carbonyl (C=O) groups is 1. The van der Waals surface area contributed by atoms with Crippen LogP contribution in [-0.2, 0) is 17.1 Å². The van der Waals surface area contributed by atoms with Crippen LogP contribution in [0.4, 0.5) is 5.82 Å². The molecule has 1 aliphatic heterocycles. The number of aryl methyl sites for hydroxylation is 3. The minimum absolute atomic E-state index is 0.155. The SMILES string of the molecule is CCN(CC)S(=O)(=O)c1cc(C(=O)N2CCN(c3cc(C)nc(C)n3)CC2)n(C)c1. The van der Waals surface area contributed by atoms with Gasteiger partial charge < -0.3 is 14.4 Å². The van der Waals surface area contributed by atoms with Gasteiger partial charge in [0, 0.05) is 64.3 Å². The molecule has 10 heteroatoms. The van der Waals surface area contributed by atoms with Crippen LogP contribution in [0.25, 0.3) is 0 Å². The number of aromatic nitrogens is 3. The second kappa shape index (κ2) is 8.73. The van der Waals surface area contributed by atoms with Crippen LogP contribution >= 0.6 is 0 Å². The molecular weight excluding hydrogens is 404 g/mol. The number of hydrogen-bond acceptors (Lipinski definition) is 6. The van der Waals surface area contributed by atoms with Crippen LogP contribution in [0.2, 0.25) is 0 Å². The molecule has 1 saturated heterocycles. The summed E-state index contributed by atoms with van der Waals surface area (Å²) < 4.78 is 28.6. The van der Waals surface area contributed by atoms with Gasteiger partial charge in [0.1, 0.15) is 22.2 Å². The van der Waals surface area contributed by atoms with E-state index in [2.05, 4.69) is 14.9 Å². The molecule has 0 aliphatic carbocycles. The first kappa shape index (κ1) is 22.2. The van der Waals surface area contributed by atoms with Crippen molar-refractivity contribution in [2.45, 2.75) is 32.6 Å². The van der Waals surface area contributed by atoms with E-state index in [1.165, 1.54) is 16.6 Å². The summed E-state index contributed by atoms with van der Waals surface area (Å²) in [5, 5.41) is 0. The molecule has 0 N–H and O–H groups in total. The number of rotatable bonds is 6. The second-order valence-electron chi connectivity index (χ2n) is 7.46. The van der Waals surface area contributed by atoms with Crippen LogP contribution in [0.3, 0.4) is 0 Å². The first-order valence-electron chi connectivity index (χ1n) is 10.2. The Morgan fingerprint density at radius 1 is 1.07 bits per heavy atom. The van der Waals surface area contributed by atoms with Crippen LogP contribution < -0.4 is 4.90 Å². The molecule has 3 heterocycles. The molecule has 2 aromatic rings. The molecule has 0 radical (unpaired) electrons. The Balaban J connectivity index is 1.73. The average Bonchev–Trinajstić information content (AvgIpc) is 3.10. The number of sulfonamides is 1. The fourth-order valence-corrected chi connectivity index (χ4v) is 5.29. The third kappa shape index (κ3) is 4.34. The summed E-state index contributed by atoms with van der Waals surface area (Å²) in [5.74, 6) is 1.45. The second-order valence-corrected chi connectivity index (χ2v) is 9.39. The standard InChI is InChI=1S/C20H30N6O3S/c1-6-26(7-2)30(28,29)17-13-18(23(5)14-17)20(27)25-10-8-24(9-11-25)19-12-15(3)21-16(4)22-19/h12-14H,6-11H2,1-5H3. The van der Waals surface area contributed by atoms with Gasteiger partial charge in [-0.1, -0.05) is 13.8 Å². The zero-order chi connectivity index (χ0) is 22.1. The molecule has 164 valence electrons. The maximum Gasteiger partial charge on any atom is 0.270 e. The first-order chi connectivity index (χ1) is 14.2. The maximum absolute atomic E-state index is 13.1. The maximum atomic E-state index is 13.1. The smallest absolute Gasteiger partial charge is 0.270 e. The number of hydrogen-bond donors (Lipinski definition) is 0. The van der Waals surface area contributed by atoms with E-state index in [4.69, 9.17) is 0 Å². The third-order valence-corrected chi connectivity index (χ3v) is 7.40. The van der Waals surface area contributed by atoms with Gasteiger partial charge >= 0.3 is 0 Å². The zero-order valence-corrected chi connectivity index (χ0v) is 19.1. The lowest BCUT2D eigenvalue weighted by Gasteiger charge is -2.35. The van der Waals surface area contributed by atoms with Crippen molar-refractivity contribution in [1.82, 2.24) is 23.7 Å². The van der Waals surface area contributed by atoms with Gasteiger partial charge in [-0.3, -0.25) is 4.79 Å². The lowest BCUT2D eigenvalue weighted by atomic mass is 10.2. The number of amides is 1. The first-order valence-corrected chi connectivity index (χ1v) is 11.6. The Morgan fingerprint density at radius 3 is 2.27 bits per heavy atom. The summed E-state index contributed by atoms with van der Waals surface area (Å²) >= 11 is 0. The molecule has 3 rings (SSSR count). The summed E-state index contributed by atoms with van der Waals surface area (Å²) in [6.45, 7) is 10.6. The molecule has 30 heavy (non-hydrogen) atoms. The number of carbonyl (C=O) groups excluding carboxylic acids is 1. The van der Waals surface area contributed by atoms with Gasteiger partial charge in [-0.05, 0) is 19.9 Å². The highest BCUT2D eigenvalue weighted by Crippen LogP contribution is 2.21. The topological polar surface area (TPSA) is 91.6 Å². The van der Waals surface area contributed by atoms with Gasteiger partial charge in [-0.15, -0.1) is 0 Å². The lowest BCUT2D eigenvalue weighted by molar-refractivity contribution is 0.0737. The minimum atomic E-state index is -3.60. The highest BCUT2D eigenvalue weighted by molar-refractivity contribution is 7.89. The van der Waals surface area contributed by atoms with Crippen molar-refractivity contribution in [1.29, 1.82) is 0 Å². The molecule has 0 bridgehead atoms. The van der Waals surface area contributed by atoms with E-state index in [1.54, 1.807) is 30.4 Å². The fourth-order valence-electron chi connectivity index (χ4n) is 3.76. The van der Waals surface area contributed by atoms with Crippen LogP contribution in [-0.4, -0.2) is 77.3 Å². The van der Waals surface area contributed by atoms with E-state index in [0.29, 0.717) is 45.0 Å². The normalized spacial score (nSPS) is 15.1. The molecule has 0 spiro atoms. The quantitative estimate of drug-likeness (QED) is 0.683. The predicted octanol–water partition coefficient (Wildman–Crippen LogP) is 1.42. The van der Waals surface area contributed by atoms with Gasteiger partial charge in [0.2, 0.25) is 10.0 Å². The molecule has 0 unspecified atom stereocenters. The van der Waals surface area contributed by atoms with Crippen molar-refractivity contribution in [2.75, 3.05) is 44.2 Å². The molecule has 1 aliphatic rings. The van der Waals surface area contributed by atoms with E-state index in [9.17, 15) is 13.2 Å². The molecule has 1 fully saturated rings. The number of nitrogens with zero attached hydrogens (tertiary/aromatic N) is 6. The van der Waals surface area contributed by atoms with Gasteiger partial charge in [-0.25, -0.2) is 18.4 Å². The molecule has 0 saturated carbocycles. The number of piperazine rings is 1. The van der Waals surface area contributed by atoms with Crippen molar-refractivity contribution in [3.05, 3.63) is 35.5 Å². The van der Waals surface area contributed by atoms with Crippen molar-refractivity contribution < 1.29 is 13.2 Å². The van der Waals surface area contributed by atoms with Gasteiger partial charge in [0.05, 0.1) is 0 Å². The summed E-state index contributed by atoms with van der Waals surface area (Å²) in [6, 6.07) is 3.44. The summed E-state index contributed by atoms with van der Waals surface area (Å²) in [6.07, 6.45) is 1.52. The summed E-state index contributed by atoms with van der Waals surface area (Å²) in [5.41, 5.74) is 1.30. The van der Waals surface area contributed by atoms with Gasteiger partial charge in [0.25, 0.3) is 5.91 Å². The van der Waals surface area contributed by atoms with E-state index in [-0.39, 0.29) is 10.8 Å². The van der Waals surface area contributed by atoms with Crippen molar-refractivity contribution in [3.63, 3.8) is 0 Å². The molecule has 1 amide bonds. The van der Waals surface area contributed by atoms with Crippen molar-refractivity contribution >= 4 is 21.7 Å².